The summed E-state index contributed by atoms with van der Waals surface area (Å²) in [7, 11) is 0. The van der Waals surface area contributed by atoms with Gasteiger partial charge in [0.2, 0.25) is 0 Å². The Balaban J connectivity index is 1.40. The van der Waals surface area contributed by atoms with Crippen molar-refractivity contribution in [3.05, 3.63) is 71.8 Å². The Bertz CT molecular complexity index is 751. The molecule has 0 aromatic heterocycles. The topological polar surface area (TPSA) is 33.9 Å². The summed E-state index contributed by atoms with van der Waals surface area (Å²) in [6, 6.07) is 21.3. The lowest BCUT2D eigenvalue weighted by molar-refractivity contribution is -0.917. The molecule has 2 aromatic rings. The summed E-state index contributed by atoms with van der Waals surface area (Å²) in [5, 5.41) is 10.8. The summed E-state index contributed by atoms with van der Waals surface area (Å²) in [5.74, 6) is 0. The van der Waals surface area contributed by atoms with E-state index in [9.17, 15) is 5.11 Å². The number of aliphatic hydroxyl groups is 1. The molecule has 1 aliphatic carbocycles. The van der Waals surface area contributed by atoms with Crippen molar-refractivity contribution in [3.63, 3.8) is 0 Å². The van der Waals surface area contributed by atoms with Crippen molar-refractivity contribution in [2.75, 3.05) is 19.7 Å². The average molecular weight is 395 g/mol. The minimum absolute atomic E-state index is 0.142. The molecule has 0 spiro atoms. The van der Waals surface area contributed by atoms with Crippen LogP contribution in [-0.2, 0) is 4.74 Å². The molecule has 0 amide bonds. The molecule has 2 aromatic carbocycles. The number of hydrogen-bond donors (Lipinski definition) is 2. The maximum absolute atomic E-state index is 10.8. The Morgan fingerprint density at radius 3 is 2.14 bits per heavy atom. The Morgan fingerprint density at radius 2 is 1.55 bits per heavy atom. The van der Waals surface area contributed by atoms with E-state index in [2.05, 4.69) is 45.0 Å². The molecule has 3 nitrogen and oxygen atoms in total. The zero-order valence-corrected chi connectivity index (χ0v) is 18.1. The molecule has 4 atom stereocenters. The highest BCUT2D eigenvalue weighted by Gasteiger charge is 2.52. The molecule has 2 bridgehead atoms. The van der Waals surface area contributed by atoms with Crippen LogP contribution in [-0.4, -0.2) is 36.9 Å². The third-order valence-corrected chi connectivity index (χ3v) is 6.83. The molecule has 29 heavy (non-hydrogen) atoms. The molecule has 2 aliphatic rings. The normalized spacial score (nSPS) is 29.1. The van der Waals surface area contributed by atoms with Crippen molar-refractivity contribution in [2.24, 2.45) is 10.8 Å². The van der Waals surface area contributed by atoms with Crippen LogP contribution in [0, 0.1) is 10.8 Å². The highest BCUT2D eigenvalue weighted by Crippen LogP contribution is 2.47. The molecule has 4 rings (SSSR count). The van der Waals surface area contributed by atoms with Gasteiger partial charge in [0.05, 0.1) is 19.2 Å². The molecule has 156 valence electrons. The second kappa shape index (κ2) is 8.22. The van der Waals surface area contributed by atoms with Crippen molar-refractivity contribution < 1.29 is 14.7 Å². The molecule has 1 heterocycles. The lowest BCUT2D eigenvalue weighted by Gasteiger charge is -2.37. The van der Waals surface area contributed by atoms with E-state index in [1.54, 1.807) is 4.90 Å². The number of aliphatic hydroxyl groups excluding tert-OH is 1. The lowest BCUT2D eigenvalue weighted by Crippen LogP contribution is -3.15. The smallest absolute Gasteiger partial charge is 0.126 e. The fraction of sp³-hybridized carbons (Fsp3) is 0.538. The van der Waals surface area contributed by atoms with Crippen LogP contribution < -0.4 is 4.90 Å². The van der Waals surface area contributed by atoms with Gasteiger partial charge in [0.15, 0.2) is 0 Å². The summed E-state index contributed by atoms with van der Waals surface area (Å²) in [6.45, 7) is 9.59. The van der Waals surface area contributed by atoms with Gasteiger partial charge in [-0.15, -0.1) is 0 Å². The number of fused-ring (bicyclic) bond motifs is 2. The van der Waals surface area contributed by atoms with E-state index in [0.29, 0.717) is 23.5 Å². The molecular weight excluding hydrogens is 358 g/mol. The summed E-state index contributed by atoms with van der Waals surface area (Å²) >= 11 is 0. The summed E-state index contributed by atoms with van der Waals surface area (Å²) in [6.07, 6.45) is 3.29. The summed E-state index contributed by atoms with van der Waals surface area (Å²) < 4.78 is 6.30. The number of rotatable bonds is 7. The van der Waals surface area contributed by atoms with Crippen molar-refractivity contribution in [2.45, 2.75) is 58.3 Å². The molecule has 1 aliphatic heterocycles. The molecule has 2 N–H and O–H groups in total. The third kappa shape index (κ3) is 4.91. The third-order valence-electron chi connectivity index (χ3n) is 6.83. The van der Waals surface area contributed by atoms with E-state index in [0.717, 1.165) is 17.7 Å². The van der Waals surface area contributed by atoms with E-state index in [4.69, 9.17) is 4.74 Å². The average Bonchev–Trinajstić information content (AvgIpc) is 2.91. The van der Waals surface area contributed by atoms with Gasteiger partial charge in [-0.3, -0.25) is 0 Å². The van der Waals surface area contributed by atoms with E-state index >= 15 is 0 Å². The van der Waals surface area contributed by atoms with Crippen LogP contribution in [0.5, 0.6) is 0 Å². The number of hydrogen-bond acceptors (Lipinski definition) is 2. The SMILES string of the molecule is CC1(C)C[C@H]2C[C@](C)(C[NH+]2C[C@@H](O)COC(c2ccccc2)c2ccccc2)C1. The van der Waals surface area contributed by atoms with Gasteiger partial charge >= 0.3 is 0 Å². The van der Waals surface area contributed by atoms with Crippen molar-refractivity contribution in [1.82, 2.24) is 0 Å². The van der Waals surface area contributed by atoms with Gasteiger partial charge < -0.3 is 14.7 Å². The molecular formula is C26H36NO2+. The van der Waals surface area contributed by atoms with Crippen LogP contribution in [0.25, 0.3) is 0 Å². The van der Waals surface area contributed by atoms with Crippen LogP contribution in [0.1, 0.15) is 57.3 Å². The van der Waals surface area contributed by atoms with Crippen LogP contribution >= 0.6 is 0 Å². The van der Waals surface area contributed by atoms with Crippen LogP contribution in [0.3, 0.4) is 0 Å². The van der Waals surface area contributed by atoms with Crippen LogP contribution in [0.4, 0.5) is 0 Å². The fourth-order valence-electron chi connectivity index (χ4n) is 6.20. The van der Waals surface area contributed by atoms with Gasteiger partial charge in [0.1, 0.15) is 18.8 Å². The minimum Gasteiger partial charge on any atom is -0.385 e. The van der Waals surface area contributed by atoms with Gasteiger partial charge in [-0.25, -0.2) is 0 Å². The molecule has 2 fully saturated rings. The van der Waals surface area contributed by atoms with Gasteiger partial charge in [0.25, 0.3) is 0 Å². The maximum Gasteiger partial charge on any atom is 0.126 e. The van der Waals surface area contributed by atoms with Gasteiger partial charge in [0, 0.05) is 18.3 Å². The Hall–Kier alpha value is -1.68. The first-order valence-corrected chi connectivity index (χ1v) is 11.1. The predicted octanol–water partition coefficient (Wildman–Crippen LogP) is 3.64. The Labute approximate surface area is 175 Å². The highest BCUT2D eigenvalue weighted by atomic mass is 16.5. The fourth-order valence-corrected chi connectivity index (χ4v) is 6.20. The number of nitrogens with one attached hydrogen (secondary N) is 1. The minimum atomic E-state index is -0.439. The molecule has 1 saturated carbocycles. The first kappa shape index (κ1) is 20.6. The Morgan fingerprint density at radius 1 is 0.966 bits per heavy atom. The van der Waals surface area contributed by atoms with Crippen LogP contribution in [0.15, 0.2) is 60.7 Å². The van der Waals surface area contributed by atoms with Gasteiger partial charge in [-0.2, -0.15) is 0 Å². The molecule has 1 saturated heterocycles. The molecule has 3 heteroatoms. The standard InChI is InChI=1S/C26H35NO2/c1-25(2)14-22-15-26(3,18-25)19-27(22)16-23(28)17-29-24(20-10-6-4-7-11-20)21-12-8-5-9-13-21/h4-13,22-24,28H,14-19H2,1-3H3/p+1/t22-,23+,26-/m0/s1. The summed E-state index contributed by atoms with van der Waals surface area (Å²) in [5.41, 5.74) is 3.11. The number of benzene rings is 2. The zero-order chi connectivity index (χ0) is 20.5. The second-order valence-electron chi connectivity index (χ2n) is 10.5. The van der Waals surface area contributed by atoms with Crippen molar-refractivity contribution in [3.8, 4) is 0 Å². The number of ether oxygens (including phenoxy) is 1. The largest absolute Gasteiger partial charge is 0.385 e. The molecule has 1 unspecified atom stereocenters. The number of likely N-dealkylation sites (tertiary alicyclic amines) is 1. The first-order valence-electron chi connectivity index (χ1n) is 11.1. The first-order chi connectivity index (χ1) is 13.8. The summed E-state index contributed by atoms with van der Waals surface area (Å²) in [4.78, 5) is 1.57. The van der Waals surface area contributed by atoms with Gasteiger partial charge in [-0.05, 0) is 23.0 Å². The zero-order valence-electron chi connectivity index (χ0n) is 18.1. The molecule has 0 radical (unpaired) electrons. The quantitative estimate of drug-likeness (QED) is 0.752. The van der Waals surface area contributed by atoms with E-state index in [-0.39, 0.29) is 6.10 Å². The van der Waals surface area contributed by atoms with Crippen LogP contribution in [0.2, 0.25) is 0 Å². The monoisotopic (exact) mass is 394 g/mol. The Kier molecular flexibility index (Phi) is 5.83. The van der Waals surface area contributed by atoms with Gasteiger partial charge in [-0.1, -0.05) is 81.4 Å². The van der Waals surface area contributed by atoms with E-state index in [1.165, 1.54) is 25.8 Å². The van der Waals surface area contributed by atoms with E-state index in [1.807, 2.05) is 36.4 Å². The van der Waals surface area contributed by atoms with E-state index < -0.39 is 6.10 Å². The number of quaternary nitrogens is 1. The van der Waals surface area contributed by atoms with Crippen molar-refractivity contribution >= 4 is 0 Å². The van der Waals surface area contributed by atoms with Crippen molar-refractivity contribution in [1.29, 1.82) is 0 Å². The lowest BCUT2D eigenvalue weighted by atomic mass is 9.65. The maximum atomic E-state index is 10.8. The second-order valence-corrected chi connectivity index (χ2v) is 10.5. The highest BCUT2D eigenvalue weighted by molar-refractivity contribution is 5.29. The predicted molar refractivity (Wildman–Crippen MR) is 117 cm³/mol.